The number of nitrogens with one attached hydrogen (secondary N) is 1. The second kappa shape index (κ2) is 7.55. The molecule has 1 amide bonds. The normalized spacial score (nSPS) is 10.4. The summed E-state index contributed by atoms with van der Waals surface area (Å²) in [5.74, 6) is -0.269. The molecule has 2 aromatic carbocycles. The minimum atomic E-state index is -0.269. The molecular weight excluding hydrogens is 357 g/mol. The van der Waals surface area contributed by atoms with E-state index in [1.54, 1.807) is 30.5 Å². The first-order valence-electron chi connectivity index (χ1n) is 7.55. The average Bonchev–Trinajstić information content (AvgIpc) is 2.65. The maximum Gasteiger partial charge on any atom is 0.257 e. The second-order valence-electron chi connectivity index (χ2n) is 5.41. The van der Waals surface area contributed by atoms with Crippen LogP contribution in [0, 0.1) is 0 Å². The van der Waals surface area contributed by atoms with Gasteiger partial charge in [-0.3, -0.25) is 9.78 Å². The molecule has 126 valence electrons. The maximum absolute atomic E-state index is 12.5. The number of carbonyl (C=O) groups excluding carboxylic acids is 1. The number of nitrogens with zero attached hydrogens (tertiary/aromatic N) is 2. The van der Waals surface area contributed by atoms with E-state index in [1.807, 2.05) is 42.3 Å². The molecule has 0 fully saturated rings. The fourth-order valence-corrected chi connectivity index (χ4v) is 2.61. The van der Waals surface area contributed by atoms with Crippen LogP contribution in [0.2, 0.25) is 10.0 Å². The standard InChI is InChI=1S/C19H15Cl2N3O/c1-24(15-5-3-2-4-6-15)16-9-13(11-22-12-16)19(25)23-14-7-8-17(20)18(21)10-14/h2-12H,1H3,(H,23,25). The third-order valence-electron chi connectivity index (χ3n) is 3.69. The number of hydrogen-bond donors (Lipinski definition) is 1. The molecule has 0 radical (unpaired) electrons. The summed E-state index contributed by atoms with van der Waals surface area (Å²) in [7, 11) is 1.92. The Kier molecular flexibility index (Phi) is 5.22. The molecule has 0 aliphatic rings. The molecule has 0 aliphatic carbocycles. The third-order valence-corrected chi connectivity index (χ3v) is 4.43. The van der Waals surface area contributed by atoms with Crippen LogP contribution in [0.4, 0.5) is 17.1 Å². The SMILES string of the molecule is CN(c1ccccc1)c1cncc(C(=O)Nc2ccc(Cl)c(Cl)c2)c1. The first kappa shape index (κ1) is 17.3. The van der Waals surface area contributed by atoms with Crippen LogP contribution >= 0.6 is 23.2 Å². The van der Waals surface area contributed by atoms with Crippen LogP contribution in [0.1, 0.15) is 10.4 Å². The zero-order chi connectivity index (χ0) is 17.8. The van der Waals surface area contributed by atoms with E-state index in [-0.39, 0.29) is 5.91 Å². The van der Waals surface area contributed by atoms with Gasteiger partial charge in [0.25, 0.3) is 5.91 Å². The molecule has 0 saturated carbocycles. The summed E-state index contributed by atoms with van der Waals surface area (Å²) in [6.45, 7) is 0. The molecule has 0 aliphatic heterocycles. The van der Waals surface area contributed by atoms with Crippen molar-refractivity contribution in [3.63, 3.8) is 0 Å². The maximum atomic E-state index is 12.5. The van der Waals surface area contributed by atoms with Crippen molar-refractivity contribution in [2.24, 2.45) is 0 Å². The Balaban J connectivity index is 1.81. The molecule has 1 aromatic heterocycles. The number of amides is 1. The van der Waals surface area contributed by atoms with Gasteiger partial charge in [-0.15, -0.1) is 0 Å². The first-order valence-corrected chi connectivity index (χ1v) is 8.30. The Morgan fingerprint density at radius 2 is 1.72 bits per heavy atom. The van der Waals surface area contributed by atoms with Gasteiger partial charge in [-0.05, 0) is 36.4 Å². The molecule has 6 heteroatoms. The summed E-state index contributed by atoms with van der Waals surface area (Å²) < 4.78 is 0. The predicted octanol–water partition coefficient (Wildman–Crippen LogP) is 5.41. The van der Waals surface area contributed by atoms with Crippen LogP contribution in [0.5, 0.6) is 0 Å². The largest absolute Gasteiger partial charge is 0.343 e. The number of hydrogen-bond acceptors (Lipinski definition) is 3. The second-order valence-corrected chi connectivity index (χ2v) is 6.22. The van der Waals surface area contributed by atoms with Crippen LogP contribution in [0.15, 0.2) is 67.0 Å². The fraction of sp³-hybridized carbons (Fsp3) is 0.0526. The molecular formula is C19H15Cl2N3O. The third kappa shape index (κ3) is 4.10. The molecule has 0 unspecified atom stereocenters. The lowest BCUT2D eigenvalue weighted by Gasteiger charge is -2.19. The Morgan fingerprint density at radius 3 is 2.44 bits per heavy atom. The zero-order valence-electron chi connectivity index (χ0n) is 13.4. The number of rotatable bonds is 4. The van der Waals surface area contributed by atoms with Crippen molar-refractivity contribution in [2.75, 3.05) is 17.3 Å². The number of aromatic nitrogens is 1. The van der Waals surface area contributed by atoms with Gasteiger partial charge in [-0.2, -0.15) is 0 Å². The van der Waals surface area contributed by atoms with E-state index in [0.29, 0.717) is 21.3 Å². The van der Waals surface area contributed by atoms with Crippen molar-refractivity contribution in [3.8, 4) is 0 Å². The smallest absolute Gasteiger partial charge is 0.257 e. The van der Waals surface area contributed by atoms with Crippen molar-refractivity contribution in [2.45, 2.75) is 0 Å². The lowest BCUT2D eigenvalue weighted by molar-refractivity contribution is 0.102. The average molecular weight is 372 g/mol. The summed E-state index contributed by atoms with van der Waals surface area (Å²) in [5, 5.41) is 3.61. The summed E-state index contributed by atoms with van der Waals surface area (Å²) in [5.41, 5.74) is 2.84. The van der Waals surface area contributed by atoms with Crippen LogP contribution in [0.25, 0.3) is 0 Å². The number of halogens is 2. The van der Waals surface area contributed by atoms with E-state index in [4.69, 9.17) is 23.2 Å². The highest BCUT2D eigenvalue weighted by Gasteiger charge is 2.11. The van der Waals surface area contributed by atoms with Gasteiger partial charge < -0.3 is 10.2 Å². The molecule has 0 spiro atoms. The Morgan fingerprint density at radius 1 is 0.960 bits per heavy atom. The minimum absolute atomic E-state index is 0.269. The van der Waals surface area contributed by atoms with E-state index < -0.39 is 0 Å². The molecule has 0 saturated heterocycles. The van der Waals surface area contributed by atoms with Gasteiger partial charge in [-0.1, -0.05) is 41.4 Å². The number of para-hydroxylation sites is 1. The topological polar surface area (TPSA) is 45.2 Å². The number of pyridine rings is 1. The Hall–Kier alpha value is -2.56. The number of carbonyl (C=O) groups is 1. The van der Waals surface area contributed by atoms with Gasteiger partial charge in [-0.25, -0.2) is 0 Å². The highest BCUT2D eigenvalue weighted by molar-refractivity contribution is 6.42. The molecule has 3 aromatic rings. The van der Waals surface area contributed by atoms with Crippen molar-refractivity contribution in [3.05, 3.63) is 82.6 Å². The van der Waals surface area contributed by atoms with Crippen LogP contribution in [-0.4, -0.2) is 17.9 Å². The van der Waals surface area contributed by atoms with Gasteiger partial charge in [0.2, 0.25) is 0 Å². The molecule has 0 bridgehead atoms. The molecule has 1 heterocycles. The highest BCUT2D eigenvalue weighted by atomic mass is 35.5. The van der Waals surface area contributed by atoms with Crippen molar-refractivity contribution < 1.29 is 4.79 Å². The van der Waals surface area contributed by atoms with Crippen LogP contribution in [0.3, 0.4) is 0 Å². The van der Waals surface area contributed by atoms with Gasteiger partial charge >= 0.3 is 0 Å². The predicted molar refractivity (Wildman–Crippen MR) is 103 cm³/mol. The Bertz CT molecular complexity index is 900. The van der Waals surface area contributed by atoms with Crippen LogP contribution < -0.4 is 10.2 Å². The van der Waals surface area contributed by atoms with Gasteiger partial charge in [0.15, 0.2) is 0 Å². The first-order chi connectivity index (χ1) is 12.0. The van der Waals surface area contributed by atoms with Crippen molar-refractivity contribution in [1.29, 1.82) is 0 Å². The van der Waals surface area contributed by atoms with Crippen LogP contribution in [-0.2, 0) is 0 Å². The molecule has 0 atom stereocenters. The number of anilines is 3. The van der Waals surface area contributed by atoms with E-state index in [0.717, 1.165) is 11.4 Å². The van der Waals surface area contributed by atoms with E-state index in [9.17, 15) is 4.79 Å². The van der Waals surface area contributed by atoms with Crippen molar-refractivity contribution >= 4 is 46.2 Å². The molecule has 3 rings (SSSR count). The fourth-order valence-electron chi connectivity index (χ4n) is 2.31. The van der Waals surface area contributed by atoms with Gasteiger partial charge in [0, 0.05) is 24.6 Å². The number of benzene rings is 2. The van der Waals surface area contributed by atoms with Gasteiger partial charge in [0.05, 0.1) is 27.5 Å². The minimum Gasteiger partial charge on any atom is -0.343 e. The van der Waals surface area contributed by atoms with Crippen molar-refractivity contribution in [1.82, 2.24) is 4.98 Å². The molecule has 25 heavy (non-hydrogen) atoms. The van der Waals surface area contributed by atoms with E-state index in [2.05, 4.69) is 10.3 Å². The lowest BCUT2D eigenvalue weighted by atomic mass is 10.2. The molecule has 4 nitrogen and oxygen atoms in total. The quantitative estimate of drug-likeness (QED) is 0.666. The summed E-state index contributed by atoms with van der Waals surface area (Å²) in [6, 6.07) is 16.6. The summed E-state index contributed by atoms with van der Waals surface area (Å²) in [4.78, 5) is 18.6. The lowest BCUT2D eigenvalue weighted by Crippen LogP contribution is -2.15. The Labute approximate surface area is 156 Å². The monoisotopic (exact) mass is 371 g/mol. The van der Waals surface area contributed by atoms with E-state index >= 15 is 0 Å². The molecule has 1 N–H and O–H groups in total. The van der Waals surface area contributed by atoms with E-state index in [1.165, 1.54) is 6.20 Å². The summed E-state index contributed by atoms with van der Waals surface area (Å²) >= 11 is 11.9. The highest BCUT2D eigenvalue weighted by Crippen LogP contribution is 2.26. The zero-order valence-corrected chi connectivity index (χ0v) is 14.9. The summed E-state index contributed by atoms with van der Waals surface area (Å²) in [6.07, 6.45) is 3.23. The van der Waals surface area contributed by atoms with Gasteiger partial charge in [0.1, 0.15) is 0 Å².